The molecule has 0 spiro atoms. The number of rotatable bonds is 4. The Kier molecular flexibility index (Phi) is 4.06. The maximum absolute atomic E-state index is 12.3. The van der Waals surface area contributed by atoms with Crippen LogP contribution in [0.25, 0.3) is 0 Å². The fraction of sp³-hybridized carbons (Fsp3) is 0.727. The highest BCUT2D eigenvalue weighted by Crippen LogP contribution is 2.14. The molecule has 1 aromatic rings. The van der Waals surface area contributed by atoms with Crippen molar-refractivity contribution < 1.29 is 4.79 Å². The predicted octanol–water partition coefficient (Wildman–Crippen LogP) is 1.14. The SMILES string of the molecule is CC(C)N(CC1CCCN1)C(=O)c1cnns1. The molecule has 1 aliphatic heterocycles. The van der Waals surface area contributed by atoms with Gasteiger partial charge < -0.3 is 10.2 Å². The van der Waals surface area contributed by atoms with Crippen molar-refractivity contribution in [1.82, 2.24) is 19.8 Å². The summed E-state index contributed by atoms with van der Waals surface area (Å²) in [7, 11) is 0. The van der Waals surface area contributed by atoms with Gasteiger partial charge in [-0.3, -0.25) is 4.79 Å². The molecule has 0 radical (unpaired) electrons. The van der Waals surface area contributed by atoms with Crippen molar-refractivity contribution >= 4 is 17.4 Å². The first-order valence-corrected chi connectivity index (χ1v) is 6.77. The van der Waals surface area contributed by atoms with Gasteiger partial charge in [-0.15, -0.1) is 5.10 Å². The molecule has 0 aromatic carbocycles. The minimum atomic E-state index is 0.0451. The predicted molar refractivity (Wildman–Crippen MR) is 67.1 cm³/mol. The summed E-state index contributed by atoms with van der Waals surface area (Å²) in [5.41, 5.74) is 0. The molecule has 0 aliphatic carbocycles. The monoisotopic (exact) mass is 254 g/mol. The first-order chi connectivity index (χ1) is 8.18. The van der Waals surface area contributed by atoms with E-state index >= 15 is 0 Å². The lowest BCUT2D eigenvalue weighted by Crippen LogP contribution is -2.44. The van der Waals surface area contributed by atoms with Gasteiger partial charge in [-0.2, -0.15) is 0 Å². The van der Waals surface area contributed by atoms with Crippen molar-refractivity contribution in [3.05, 3.63) is 11.1 Å². The summed E-state index contributed by atoms with van der Waals surface area (Å²) in [6, 6.07) is 0.634. The molecule has 1 saturated heterocycles. The van der Waals surface area contributed by atoms with E-state index in [2.05, 4.69) is 14.9 Å². The van der Waals surface area contributed by atoms with E-state index in [-0.39, 0.29) is 11.9 Å². The third kappa shape index (κ3) is 3.01. The average molecular weight is 254 g/mol. The Labute approximate surface area is 105 Å². The van der Waals surface area contributed by atoms with Gasteiger partial charge in [-0.25, -0.2) is 0 Å². The van der Waals surface area contributed by atoms with Crippen LogP contribution in [0, 0.1) is 0 Å². The number of aromatic nitrogens is 2. The second-order valence-electron chi connectivity index (χ2n) is 4.63. The second kappa shape index (κ2) is 5.55. The van der Waals surface area contributed by atoms with Gasteiger partial charge >= 0.3 is 0 Å². The Bertz CT molecular complexity index is 360. The minimum Gasteiger partial charge on any atom is -0.334 e. The highest BCUT2D eigenvalue weighted by molar-refractivity contribution is 7.07. The molecule has 1 unspecified atom stereocenters. The van der Waals surface area contributed by atoms with Gasteiger partial charge in [-0.05, 0) is 44.8 Å². The van der Waals surface area contributed by atoms with Gasteiger partial charge in [-0.1, -0.05) is 4.49 Å². The van der Waals surface area contributed by atoms with E-state index in [1.165, 1.54) is 6.42 Å². The molecule has 1 aromatic heterocycles. The van der Waals surface area contributed by atoms with E-state index < -0.39 is 0 Å². The zero-order valence-corrected chi connectivity index (χ0v) is 11.0. The van der Waals surface area contributed by atoms with E-state index in [9.17, 15) is 4.79 Å². The van der Waals surface area contributed by atoms with Crippen molar-refractivity contribution in [2.24, 2.45) is 0 Å². The average Bonchev–Trinajstić information content (AvgIpc) is 2.97. The number of nitrogens with zero attached hydrogens (tertiary/aromatic N) is 3. The third-order valence-electron chi connectivity index (χ3n) is 3.04. The lowest BCUT2D eigenvalue weighted by molar-refractivity contribution is 0.0694. The summed E-state index contributed by atoms with van der Waals surface area (Å²) < 4.78 is 3.75. The van der Waals surface area contributed by atoms with Crippen LogP contribution in [0.2, 0.25) is 0 Å². The molecule has 1 amide bonds. The van der Waals surface area contributed by atoms with Gasteiger partial charge in [0.15, 0.2) is 0 Å². The standard InChI is InChI=1S/C11H18N4OS/c1-8(2)15(7-9-4-3-5-12-9)11(16)10-6-13-14-17-10/h6,8-9,12H,3-5,7H2,1-2H3. The van der Waals surface area contributed by atoms with Crippen LogP contribution in [-0.2, 0) is 0 Å². The molecule has 0 bridgehead atoms. The molecular formula is C11H18N4OS. The van der Waals surface area contributed by atoms with E-state index in [0.29, 0.717) is 10.9 Å². The van der Waals surface area contributed by atoms with Crippen LogP contribution in [0.4, 0.5) is 0 Å². The smallest absolute Gasteiger partial charge is 0.267 e. The maximum atomic E-state index is 12.3. The van der Waals surface area contributed by atoms with Crippen LogP contribution in [0.3, 0.4) is 0 Å². The lowest BCUT2D eigenvalue weighted by atomic mass is 10.2. The molecule has 94 valence electrons. The van der Waals surface area contributed by atoms with Crippen molar-refractivity contribution in [2.75, 3.05) is 13.1 Å². The summed E-state index contributed by atoms with van der Waals surface area (Å²) >= 11 is 1.16. The minimum absolute atomic E-state index is 0.0451. The molecule has 1 N–H and O–H groups in total. The van der Waals surface area contributed by atoms with Crippen LogP contribution in [0.5, 0.6) is 0 Å². The van der Waals surface area contributed by atoms with Gasteiger partial charge in [0.05, 0.1) is 6.20 Å². The highest BCUT2D eigenvalue weighted by atomic mass is 32.1. The molecule has 6 heteroatoms. The number of carbonyl (C=O) groups is 1. The molecule has 2 heterocycles. The zero-order chi connectivity index (χ0) is 12.3. The van der Waals surface area contributed by atoms with Crippen LogP contribution < -0.4 is 5.32 Å². The molecule has 17 heavy (non-hydrogen) atoms. The largest absolute Gasteiger partial charge is 0.334 e. The highest BCUT2D eigenvalue weighted by Gasteiger charge is 2.25. The molecule has 1 atom stereocenters. The molecular weight excluding hydrogens is 236 g/mol. The molecule has 1 fully saturated rings. The van der Waals surface area contributed by atoms with Crippen molar-refractivity contribution in [1.29, 1.82) is 0 Å². The topological polar surface area (TPSA) is 58.1 Å². The molecule has 1 aliphatic rings. The van der Waals surface area contributed by atoms with E-state index in [4.69, 9.17) is 0 Å². The number of nitrogens with one attached hydrogen (secondary N) is 1. The number of amides is 1. The summed E-state index contributed by atoms with van der Waals surface area (Å²) in [5.74, 6) is 0.0451. The summed E-state index contributed by atoms with van der Waals surface area (Å²) in [5, 5.41) is 7.14. The van der Waals surface area contributed by atoms with E-state index in [1.807, 2.05) is 18.7 Å². The third-order valence-corrected chi connectivity index (χ3v) is 3.69. The van der Waals surface area contributed by atoms with Crippen LogP contribution in [0.15, 0.2) is 6.20 Å². The zero-order valence-electron chi connectivity index (χ0n) is 10.2. The quantitative estimate of drug-likeness (QED) is 0.875. The van der Waals surface area contributed by atoms with Crippen LogP contribution in [-0.4, -0.2) is 45.6 Å². The first kappa shape index (κ1) is 12.4. The first-order valence-electron chi connectivity index (χ1n) is 6.00. The maximum Gasteiger partial charge on any atom is 0.267 e. The van der Waals surface area contributed by atoms with E-state index in [1.54, 1.807) is 6.20 Å². The number of carbonyl (C=O) groups excluding carboxylic acids is 1. The Morgan fingerprint density at radius 3 is 3.06 bits per heavy atom. The Morgan fingerprint density at radius 2 is 2.53 bits per heavy atom. The Hall–Kier alpha value is -1.01. The van der Waals surface area contributed by atoms with Gasteiger partial charge in [0.25, 0.3) is 5.91 Å². The van der Waals surface area contributed by atoms with Crippen molar-refractivity contribution in [2.45, 2.75) is 38.8 Å². The normalized spacial score (nSPS) is 19.8. The number of hydrogen-bond donors (Lipinski definition) is 1. The van der Waals surface area contributed by atoms with Crippen LogP contribution >= 0.6 is 11.5 Å². The summed E-state index contributed by atoms with van der Waals surface area (Å²) in [6.45, 7) is 5.92. The van der Waals surface area contributed by atoms with Gasteiger partial charge in [0.1, 0.15) is 4.88 Å². The van der Waals surface area contributed by atoms with Gasteiger partial charge in [0, 0.05) is 18.6 Å². The fourth-order valence-corrected chi connectivity index (χ4v) is 2.55. The lowest BCUT2D eigenvalue weighted by Gasteiger charge is -2.28. The summed E-state index contributed by atoms with van der Waals surface area (Å²) in [6.07, 6.45) is 3.90. The number of hydrogen-bond acceptors (Lipinski definition) is 5. The van der Waals surface area contributed by atoms with Crippen molar-refractivity contribution in [3.63, 3.8) is 0 Å². The van der Waals surface area contributed by atoms with Crippen molar-refractivity contribution in [3.8, 4) is 0 Å². The van der Waals surface area contributed by atoms with E-state index in [0.717, 1.165) is 31.0 Å². The fourth-order valence-electron chi connectivity index (χ4n) is 2.08. The molecule has 2 rings (SSSR count). The van der Waals surface area contributed by atoms with Gasteiger partial charge in [0.2, 0.25) is 0 Å². The second-order valence-corrected chi connectivity index (χ2v) is 5.41. The molecule has 0 saturated carbocycles. The van der Waals surface area contributed by atoms with Crippen LogP contribution in [0.1, 0.15) is 36.4 Å². The Balaban J connectivity index is 2.03. The summed E-state index contributed by atoms with van der Waals surface area (Å²) in [4.78, 5) is 14.8. The molecule has 5 nitrogen and oxygen atoms in total. The Morgan fingerprint density at radius 1 is 1.71 bits per heavy atom.